The number of furan rings is 1. The number of aromatic nitrogens is 1. The van der Waals surface area contributed by atoms with Gasteiger partial charge in [-0.25, -0.2) is 4.99 Å². The van der Waals surface area contributed by atoms with Gasteiger partial charge in [-0.2, -0.15) is 0 Å². The predicted octanol–water partition coefficient (Wildman–Crippen LogP) is 13.1. The van der Waals surface area contributed by atoms with Crippen molar-refractivity contribution in [1.82, 2.24) is 15.2 Å². The molecule has 0 saturated heterocycles. The molecule has 11 aromatic rings. The van der Waals surface area contributed by atoms with Gasteiger partial charge in [0.05, 0.1) is 27.0 Å². The van der Waals surface area contributed by atoms with E-state index in [2.05, 4.69) is 185 Å². The summed E-state index contributed by atoms with van der Waals surface area (Å²) in [6.45, 7) is 0. The summed E-state index contributed by atoms with van der Waals surface area (Å²) >= 11 is 1.87. The molecule has 0 spiro atoms. The van der Waals surface area contributed by atoms with Crippen molar-refractivity contribution in [1.29, 1.82) is 0 Å². The van der Waals surface area contributed by atoms with Gasteiger partial charge in [0.25, 0.3) is 0 Å². The van der Waals surface area contributed by atoms with Crippen molar-refractivity contribution >= 4 is 81.1 Å². The summed E-state index contributed by atoms with van der Waals surface area (Å²) in [7, 11) is 0. The molecule has 270 valence electrons. The Labute approximate surface area is 332 Å². The Morgan fingerprint density at radius 1 is 0.526 bits per heavy atom. The Hall–Kier alpha value is -6.99. The maximum atomic E-state index is 6.69. The number of rotatable bonds is 5. The molecule has 1 aliphatic heterocycles. The number of hydrogen-bond acceptors (Lipinski definition) is 5. The largest absolute Gasteiger partial charge is 0.455 e. The second kappa shape index (κ2) is 12.8. The van der Waals surface area contributed by atoms with E-state index >= 15 is 0 Å². The normalized spacial score (nSPS) is 15.9. The topological polar surface area (TPSA) is 54.5 Å². The van der Waals surface area contributed by atoms with E-state index in [1.165, 1.54) is 53.2 Å². The van der Waals surface area contributed by atoms with E-state index in [9.17, 15) is 0 Å². The van der Waals surface area contributed by atoms with Crippen LogP contribution in [0.25, 0.3) is 80.7 Å². The van der Waals surface area contributed by atoms with Crippen LogP contribution in [-0.4, -0.2) is 10.4 Å². The SMILES string of the molecule is c1ccc(C2N=C(c3cccc4c3oc3ccc(-c5ccc6sc7c(-n8c9ccccc9c9ccccc98)cccc7c6c5)cc34)NC(c3ccccc3)N2)cc1. The lowest BCUT2D eigenvalue weighted by Gasteiger charge is -2.32. The second-order valence-electron chi connectivity index (χ2n) is 14.8. The molecule has 4 heterocycles. The van der Waals surface area contributed by atoms with E-state index in [4.69, 9.17) is 9.41 Å². The van der Waals surface area contributed by atoms with Crippen molar-refractivity contribution in [3.05, 3.63) is 199 Å². The van der Waals surface area contributed by atoms with E-state index in [1.807, 2.05) is 23.5 Å². The van der Waals surface area contributed by atoms with Gasteiger partial charge in [-0.3, -0.25) is 5.32 Å². The zero-order valence-electron chi connectivity index (χ0n) is 30.7. The van der Waals surface area contributed by atoms with Gasteiger partial charge in [0.15, 0.2) is 0 Å². The number of amidine groups is 1. The van der Waals surface area contributed by atoms with Gasteiger partial charge in [-0.05, 0) is 70.8 Å². The van der Waals surface area contributed by atoms with Gasteiger partial charge in [-0.15, -0.1) is 11.3 Å². The first-order chi connectivity index (χ1) is 28.2. The van der Waals surface area contributed by atoms with Crippen LogP contribution in [0, 0.1) is 0 Å². The fraction of sp³-hybridized carbons (Fsp3) is 0.0392. The average Bonchev–Trinajstić information content (AvgIpc) is 3.96. The molecule has 0 aliphatic carbocycles. The highest BCUT2D eigenvalue weighted by atomic mass is 32.1. The van der Waals surface area contributed by atoms with E-state index in [0.29, 0.717) is 0 Å². The van der Waals surface area contributed by atoms with Crippen LogP contribution in [0.3, 0.4) is 0 Å². The molecular formula is C51H34N4OS. The highest BCUT2D eigenvalue weighted by Crippen LogP contribution is 2.43. The number of para-hydroxylation sites is 3. The van der Waals surface area contributed by atoms with Crippen molar-refractivity contribution in [3.63, 3.8) is 0 Å². The maximum absolute atomic E-state index is 6.69. The molecule has 5 nitrogen and oxygen atoms in total. The van der Waals surface area contributed by atoms with Gasteiger partial charge in [0.2, 0.25) is 0 Å². The smallest absolute Gasteiger partial charge is 0.146 e. The molecule has 6 heteroatoms. The lowest BCUT2D eigenvalue weighted by Crippen LogP contribution is -2.45. The molecule has 0 bridgehead atoms. The molecule has 0 saturated carbocycles. The van der Waals surface area contributed by atoms with Crippen LogP contribution < -0.4 is 10.6 Å². The molecule has 57 heavy (non-hydrogen) atoms. The number of aliphatic imine (C=N–C) groups is 1. The lowest BCUT2D eigenvalue weighted by molar-refractivity contribution is 0.409. The van der Waals surface area contributed by atoms with Gasteiger partial charge < -0.3 is 14.3 Å². The van der Waals surface area contributed by atoms with E-state index in [1.54, 1.807) is 0 Å². The van der Waals surface area contributed by atoms with Gasteiger partial charge in [-0.1, -0.05) is 133 Å². The summed E-state index contributed by atoms with van der Waals surface area (Å²) in [6, 6.07) is 64.9. The number of nitrogens with zero attached hydrogens (tertiary/aromatic N) is 2. The molecule has 12 rings (SSSR count). The van der Waals surface area contributed by atoms with Gasteiger partial charge in [0, 0.05) is 37.0 Å². The fourth-order valence-corrected chi connectivity index (χ4v) is 9.99. The minimum Gasteiger partial charge on any atom is -0.455 e. The third-order valence-electron chi connectivity index (χ3n) is 11.5. The zero-order valence-corrected chi connectivity index (χ0v) is 31.5. The third-order valence-corrected chi connectivity index (χ3v) is 12.7. The maximum Gasteiger partial charge on any atom is 0.146 e. The summed E-state index contributed by atoms with van der Waals surface area (Å²) in [4.78, 5) is 5.22. The fourth-order valence-electron chi connectivity index (χ4n) is 8.80. The molecule has 0 radical (unpaired) electrons. The van der Waals surface area contributed by atoms with Crippen molar-refractivity contribution in [2.75, 3.05) is 0 Å². The summed E-state index contributed by atoms with van der Waals surface area (Å²) in [5.74, 6) is 0.802. The van der Waals surface area contributed by atoms with Crippen LogP contribution in [0.5, 0.6) is 0 Å². The summed E-state index contributed by atoms with van der Waals surface area (Å²) in [5.41, 5.74) is 10.9. The Balaban J connectivity index is 0.962. The number of nitrogens with one attached hydrogen (secondary N) is 2. The number of benzene rings is 8. The Kier molecular flexibility index (Phi) is 7.24. The molecule has 2 atom stereocenters. The minimum atomic E-state index is -0.222. The Morgan fingerprint density at radius 3 is 1.93 bits per heavy atom. The predicted molar refractivity (Wildman–Crippen MR) is 238 cm³/mol. The first kappa shape index (κ1) is 32.3. The molecule has 2 unspecified atom stereocenters. The zero-order chi connectivity index (χ0) is 37.5. The Bertz CT molecular complexity index is 3320. The van der Waals surface area contributed by atoms with Crippen LogP contribution >= 0.6 is 11.3 Å². The standard InChI is InChI=1S/C51H34N4OS/c1-3-13-31(14-4-1)49-52-50(32-15-5-2-6-16-32)54-51(53-49)39-21-11-19-37-40-29-33(25-27-45(40)56-47(37)39)34-26-28-46-41(30-34)38-20-12-24-44(48(38)57-46)55-42-22-9-7-17-35(42)36-18-8-10-23-43(36)55/h1-30,49-50,52H,(H,53,54). The summed E-state index contributed by atoms with van der Waals surface area (Å²) in [6.07, 6.45) is -0.351. The first-order valence-electron chi connectivity index (χ1n) is 19.4. The molecular weight excluding hydrogens is 717 g/mol. The minimum absolute atomic E-state index is 0.128. The number of fused-ring (bicyclic) bond motifs is 9. The van der Waals surface area contributed by atoms with Crippen LogP contribution in [-0.2, 0) is 0 Å². The highest BCUT2D eigenvalue weighted by Gasteiger charge is 2.27. The molecule has 2 N–H and O–H groups in total. The summed E-state index contributed by atoms with van der Waals surface area (Å²) < 4.78 is 11.7. The van der Waals surface area contributed by atoms with E-state index in [-0.39, 0.29) is 12.3 Å². The van der Waals surface area contributed by atoms with Crippen molar-refractivity contribution in [2.24, 2.45) is 4.99 Å². The number of thiophene rings is 1. The Morgan fingerprint density at radius 2 is 1.16 bits per heavy atom. The quantitative estimate of drug-likeness (QED) is 0.184. The van der Waals surface area contributed by atoms with Crippen molar-refractivity contribution < 1.29 is 4.42 Å². The lowest BCUT2D eigenvalue weighted by atomic mass is 10.00. The highest BCUT2D eigenvalue weighted by molar-refractivity contribution is 7.26. The van der Waals surface area contributed by atoms with Crippen LogP contribution in [0.15, 0.2) is 191 Å². The van der Waals surface area contributed by atoms with Crippen molar-refractivity contribution in [3.8, 4) is 16.8 Å². The van der Waals surface area contributed by atoms with E-state index < -0.39 is 0 Å². The first-order valence-corrected chi connectivity index (χ1v) is 20.2. The van der Waals surface area contributed by atoms with Gasteiger partial charge >= 0.3 is 0 Å². The monoisotopic (exact) mass is 750 g/mol. The average molecular weight is 751 g/mol. The van der Waals surface area contributed by atoms with Crippen LogP contribution in [0.4, 0.5) is 0 Å². The third kappa shape index (κ3) is 5.15. The second-order valence-corrected chi connectivity index (χ2v) is 15.8. The molecule has 8 aromatic carbocycles. The molecule has 0 fully saturated rings. The van der Waals surface area contributed by atoms with Crippen molar-refractivity contribution in [2.45, 2.75) is 12.3 Å². The van der Waals surface area contributed by atoms with Gasteiger partial charge in [0.1, 0.15) is 29.3 Å². The summed E-state index contributed by atoms with van der Waals surface area (Å²) in [5, 5.41) is 14.6. The van der Waals surface area contributed by atoms with E-state index in [0.717, 1.165) is 50.0 Å². The van der Waals surface area contributed by atoms with Crippen LogP contribution in [0.1, 0.15) is 29.0 Å². The molecule has 0 amide bonds. The van der Waals surface area contributed by atoms with Crippen LogP contribution in [0.2, 0.25) is 0 Å². The number of hydrogen-bond donors (Lipinski definition) is 2. The molecule has 3 aromatic heterocycles. The molecule has 1 aliphatic rings.